The highest BCUT2D eigenvalue weighted by molar-refractivity contribution is 6.42. The van der Waals surface area contributed by atoms with Gasteiger partial charge in [0.25, 0.3) is 0 Å². The van der Waals surface area contributed by atoms with Crippen molar-refractivity contribution in [2.75, 3.05) is 39.8 Å². The van der Waals surface area contributed by atoms with Crippen molar-refractivity contribution in [3.05, 3.63) is 110 Å². The highest BCUT2D eigenvalue weighted by Crippen LogP contribution is 2.38. The molecular formula is C38H38Cl2F6N4O3. The topological polar surface area (TPSA) is 73.0 Å². The highest BCUT2D eigenvalue weighted by Gasteiger charge is 2.39. The zero-order valence-corrected chi connectivity index (χ0v) is 30.5. The molecule has 15 heteroatoms. The molecule has 0 radical (unpaired) electrons. The van der Waals surface area contributed by atoms with Gasteiger partial charge in [-0.25, -0.2) is 0 Å². The quantitative estimate of drug-likeness (QED) is 0.222. The largest absolute Gasteiger partial charge is 0.416 e. The van der Waals surface area contributed by atoms with E-state index in [-0.39, 0.29) is 65.0 Å². The number of nitrogens with zero attached hydrogens (tertiary/aromatic N) is 3. The summed E-state index contributed by atoms with van der Waals surface area (Å²) in [5.74, 6) is -0.893. The Balaban J connectivity index is 1.31. The third-order valence-corrected chi connectivity index (χ3v) is 10.5. The van der Waals surface area contributed by atoms with Crippen LogP contribution in [0.4, 0.5) is 26.3 Å². The lowest BCUT2D eigenvalue weighted by molar-refractivity contribution is -0.143. The number of benzene rings is 3. The van der Waals surface area contributed by atoms with Gasteiger partial charge in [0.05, 0.1) is 26.7 Å². The summed E-state index contributed by atoms with van der Waals surface area (Å²) in [6.45, 7) is 2.92. The minimum atomic E-state index is -5.03. The van der Waals surface area contributed by atoms with Crippen LogP contribution in [0.2, 0.25) is 10.0 Å². The van der Waals surface area contributed by atoms with E-state index in [0.29, 0.717) is 55.7 Å². The van der Waals surface area contributed by atoms with Gasteiger partial charge in [-0.2, -0.15) is 26.3 Å². The van der Waals surface area contributed by atoms with Crippen LogP contribution in [0.3, 0.4) is 0 Å². The summed E-state index contributed by atoms with van der Waals surface area (Å²) in [4.78, 5) is 44.4. The van der Waals surface area contributed by atoms with Gasteiger partial charge < -0.3 is 20.0 Å². The molecular weight excluding hydrogens is 745 g/mol. The number of halogens is 8. The third kappa shape index (κ3) is 9.73. The Kier molecular flexibility index (Phi) is 12.2. The van der Waals surface area contributed by atoms with Gasteiger partial charge in [-0.1, -0.05) is 59.6 Å². The second-order valence-electron chi connectivity index (χ2n) is 13.4. The molecule has 1 saturated heterocycles. The standard InChI is InChI=1S/C38H38Cl2F6N4O3/c1-24(51)47-36(27-6-4-3-5-7-27)12-16-49(17-13-36)14-11-34(52)50-15-10-30(31(23-50)26-8-9-32(39)33(40)20-26)35(53)48(2)22-25-18-28(37(41,42)43)21-29(19-25)38(44,45)46/h3-9,18-21H,10-17,22-23H2,1-2H3,(H,47,51). The number of alkyl halides is 6. The molecule has 284 valence electrons. The molecule has 0 unspecified atom stereocenters. The van der Waals surface area contributed by atoms with Gasteiger partial charge in [-0.15, -0.1) is 0 Å². The molecule has 7 nitrogen and oxygen atoms in total. The normalized spacial score (nSPS) is 16.8. The average Bonchev–Trinajstić information content (AvgIpc) is 3.11. The van der Waals surface area contributed by atoms with Gasteiger partial charge in [-0.3, -0.25) is 14.4 Å². The van der Waals surface area contributed by atoms with Crippen molar-refractivity contribution in [3.63, 3.8) is 0 Å². The van der Waals surface area contributed by atoms with Crippen molar-refractivity contribution in [1.29, 1.82) is 0 Å². The zero-order chi connectivity index (χ0) is 38.7. The van der Waals surface area contributed by atoms with Gasteiger partial charge >= 0.3 is 12.4 Å². The predicted molar refractivity (Wildman–Crippen MR) is 190 cm³/mol. The lowest BCUT2D eigenvalue weighted by atomic mass is 9.80. The van der Waals surface area contributed by atoms with E-state index in [4.69, 9.17) is 23.2 Å². The molecule has 2 aliphatic rings. The molecule has 3 amide bonds. The van der Waals surface area contributed by atoms with Crippen LogP contribution in [0, 0.1) is 0 Å². The summed E-state index contributed by atoms with van der Waals surface area (Å²) >= 11 is 12.5. The van der Waals surface area contributed by atoms with E-state index in [9.17, 15) is 40.7 Å². The molecule has 0 bridgehead atoms. The number of nitrogens with one attached hydrogen (secondary N) is 1. The van der Waals surface area contributed by atoms with E-state index in [1.165, 1.54) is 20.0 Å². The molecule has 5 rings (SSSR count). The van der Waals surface area contributed by atoms with E-state index in [1.54, 1.807) is 17.0 Å². The number of carbonyl (C=O) groups is 3. The second kappa shape index (κ2) is 16.1. The lowest BCUT2D eigenvalue weighted by Crippen LogP contribution is -2.53. The Labute approximate surface area is 313 Å². The molecule has 2 heterocycles. The maximum atomic E-state index is 13.9. The van der Waals surface area contributed by atoms with Crippen LogP contribution in [0.15, 0.2) is 72.3 Å². The Bertz CT molecular complexity index is 1840. The number of likely N-dealkylation sites (N-methyl/N-ethyl adjacent to an activating group) is 1. The van der Waals surface area contributed by atoms with Crippen molar-refractivity contribution in [1.82, 2.24) is 20.0 Å². The molecule has 1 fully saturated rings. The minimum Gasteiger partial charge on any atom is -0.347 e. The monoisotopic (exact) mass is 782 g/mol. The van der Waals surface area contributed by atoms with Crippen molar-refractivity contribution in [3.8, 4) is 0 Å². The molecule has 0 spiro atoms. The van der Waals surface area contributed by atoms with Gasteiger partial charge in [0.2, 0.25) is 17.7 Å². The maximum absolute atomic E-state index is 13.9. The smallest absolute Gasteiger partial charge is 0.347 e. The van der Waals surface area contributed by atoms with Crippen molar-refractivity contribution < 1.29 is 40.7 Å². The minimum absolute atomic E-state index is 0.0210. The fourth-order valence-corrected chi connectivity index (χ4v) is 7.30. The first kappa shape index (κ1) is 40.1. The molecule has 3 aromatic rings. The molecule has 0 aliphatic carbocycles. The third-order valence-electron chi connectivity index (χ3n) is 9.73. The number of likely N-dealkylation sites (tertiary alicyclic amines) is 1. The van der Waals surface area contributed by atoms with Gasteiger partial charge in [0.1, 0.15) is 0 Å². The zero-order valence-electron chi connectivity index (χ0n) is 29.0. The first-order valence-corrected chi connectivity index (χ1v) is 17.7. The predicted octanol–water partition coefficient (Wildman–Crippen LogP) is 8.19. The number of hydrogen-bond acceptors (Lipinski definition) is 4. The summed E-state index contributed by atoms with van der Waals surface area (Å²) in [6, 6.07) is 15.7. The van der Waals surface area contributed by atoms with Crippen LogP contribution < -0.4 is 5.32 Å². The molecule has 0 atom stereocenters. The van der Waals surface area contributed by atoms with Crippen LogP contribution in [0.5, 0.6) is 0 Å². The fourth-order valence-electron chi connectivity index (χ4n) is 7.00. The second-order valence-corrected chi connectivity index (χ2v) is 14.3. The van der Waals surface area contributed by atoms with Crippen LogP contribution in [0.25, 0.3) is 5.57 Å². The maximum Gasteiger partial charge on any atom is 0.416 e. The van der Waals surface area contributed by atoms with Crippen molar-refractivity contribution in [2.24, 2.45) is 0 Å². The summed E-state index contributed by atoms with van der Waals surface area (Å²) in [7, 11) is 1.30. The molecule has 0 aromatic heterocycles. The van der Waals surface area contributed by atoms with E-state index in [2.05, 4.69) is 10.2 Å². The average molecular weight is 784 g/mol. The van der Waals surface area contributed by atoms with Gasteiger partial charge in [-0.05, 0) is 71.9 Å². The first-order chi connectivity index (χ1) is 24.9. The summed E-state index contributed by atoms with van der Waals surface area (Å²) in [6.07, 6.45) is -8.47. The Morgan fingerprint density at radius 1 is 0.849 bits per heavy atom. The van der Waals surface area contributed by atoms with E-state index in [0.717, 1.165) is 10.5 Å². The van der Waals surface area contributed by atoms with Crippen molar-refractivity contribution >= 4 is 46.5 Å². The Morgan fingerprint density at radius 3 is 2.04 bits per heavy atom. The van der Waals surface area contributed by atoms with E-state index in [1.807, 2.05) is 30.3 Å². The first-order valence-electron chi connectivity index (χ1n) is 16.9. The van der Waals surface area contributed by atoms with Gasteiger partial charge in [0.15, 0.2) is 0 Å². The van der Waals surface area contributed by atoms with Gasteiger partial charge in [0, 0.05) is 65.2 Å². The van der Waals surface area contributed by atoms with Crippen LogP contribution >= 0.6 is 23.2 Å². The number of amides is 3. The number of carbonyl (C=O) groups excluding carboxylic acids is 3. The molecule has 1 N–H and O–H groups in total. The van der Waals surface area contributed by atoms with Crippen LogP contribution in [-0.4, -0.2) is 72.2 Å². The number of rotatable bonds is 9. The van der Waals surface area contributed by atoms with E-state index < -0.39 is 41.5 Å². The van der Waals surface area contributed by atoms with Crippen molar-refractivity contribution in [2.45, 2.75) is 57.0 Å². The van der Waals surface area contributed by atoms with Crippen LogP contribution in [-0.2, 0) is 38.8 Å². The number of hydrogen-bond donors (Lipinski definition) is 1. The lowest BCUT2D eigenvalue weighted by Gasteiger charge is -2.43. The summed E-state index contributed by atoms with van der Waals surface area (Å²) < 4.78 is 81.0. The fraction of sp³-hybridized carbons (Fsp3) is 0.395. The SMILES string of the molecule is CC(=O)NC1(c2ccccc2)CCN(CCC(=O)N2CCC(C(=O)N(C)Cc3cc(C(F)(F)F)cc(C(F)(F)F)c3)=C(c3ccc(Cl)c(Cl)c3)C2)CC1. The molecule has 2 aliphatic heterocycles. The molecule has 0 saturated carbocycles. The highest BCUT2D eigenvalue weighted by atomic mass is 35.5. The molecule has 53 heavy (non-hydrogen) atoms. The summed E-state index contributed by atoms with van der Waals surface area (Å²) in [5.41, 5.74) is -1.57. The Morgan fingerprint density at radius 2 is 1.47 bits per heavy atom. The number of piperidine rings is 1. The summed E-state index contributed by atoms with van der Waals surface area (Å²) in [5, 5.41) is 3.59. The van der Waals surface area contributed by atoms with E-state index >= 15 is 0 Å². The Hall–Kier alpha value is -4.07. The molecule has 3 aromatic carbocycles. The van der Waals surface area contributed by atoms with Crippen LogP contribution in [0.1, 0.15) is 60.4 Å².